The molecule has 0 aliphatic carbocycles. The summed E-state index contributed by atoms with van der Waals surface area (Å²) in [6, 6.07) is 11.4. The number of thioether (sulfide) groups is 1. The lowest BCUT2D eigenvalue weighted by Gasteiger charge is -2.24. The van der Waals surface area contributed by atoms with Crippen LogP contribution in [0.4, 0.5) is 0 Å². The topological polar surface area (TPSA) is 82.2 Å². The van der Waals surface area contributed by atoms with E-state index in [4.69, 9.17) is 9.15 Å². The standard InChI is InChI=1S/C21H26N4O3S/c1-5-21(2,3)22-18(26)14-29-20-24-23-19(15-8-6-9-16(12-15)27-4)25(20)13-17-10-7-11-28-17/h6-12H,5,13-14H2,1-4H3,(H,22,26). The first kappa shape index (κ1) is 21.0. The third-order valence-corrected chi connectivity index (χ3v) is 5.60. The van der Waals surface area contributed by atoms with E-state index < -0.39 is 0 Å². The van der Waals surface area contributed by atoms with Crippen molar-refractivity contribution in [1.29, 1.82) is 0 Å². The number of hydrogen-bond donors (Lipinski definition) is 1. The summed E-state index contributed by atoms with van der Waals surface area (Å²) in [7, 11) is 1.63. The van der Waals surface area contributed by atoms with Crippen LogP contribution in [0.1, 0.15) is 33.0 Å². The minimum Gasteiger partial charge on any atom is -0.497 e. The molecule has 8 heteroatoms. The average Bonchev–Trinajstić information content (AvgIpc) is 3.36. The predicted molar refractivity (Wildman–Crippen MR) is 113 cm³/mol. The number of nitrogens with zero attached hydrogens (tertiary/aromatic N) is 3. The van der Waals surface area contributed by atoms with Gasteiger partial charge in [0.05, 0.1) is 25.7 Å². The van der Waals surface area contributed by atoms with E-state index in [1.807, 2.05) is 61.7 Å². The van der Waals surface area contributed by atoms with Crippen LogP contribution in [0.3, 0.4) is 0 Å². The van der Waals surface area contributed by atoms with E-state index in [0.717, 1.165) is 23.5 Å². The largest absolute Gasteiger partial charge is 0.497 e. The van der Waals surface area contributed by atoms with Crippen LogP contribution < -0.4 is 10.1 Å². The van der Waals surface area contributed by atoms with Crippen molar-refractivity contribution in [3.8, 4) is 17.1 Å². The second kappa shape index (κ2) is 9.17. The lowest BCUT2D eigenvalue weighted by molar-refractivity contribution is -0.120. The van der Waals surface area contributed by atoms with E-state index in [9.17, 15) is 4.79 Å². The summed E-state index contributed by atoms with van der Waals surface area (Å²) < 4.78 is 12.8. The van der Waals surface area contributed by atoms with Crippen molar-refractivity contribution in [1.82, 2.24) is 20.1 Å². The van der Waals surface area contributed by atoms with Gasteiger partial charge in [-0.05, 0) is 44.5 Å². The second-order valence-electron chi connectivity index (χ2n) is 7.28. The Hall–Kier alpha value is -2.74. The summed E-state index contributed by atoms with van der Waals surface area (Å²) in [6.45, 7) is 6.54. The van der Waals surface area contributed by atoms with Crippen LogP contribution >= 0.6 is 11.8 Å². The SMILES string of the molecule is CCC(C)(C)NC(=O)CSc1nnc(-c2cccc(OC)c2)n1Cc1ccco1. The number of benzene rings is 1. The summed E-state index contributed by atoms with van der Waals surface area (Å²) >= 11 is 1.36. The molecule has 154 valence electrons. The maximum absolute atomic E-state index is 12.4. The molecule has 1 aromatic carbocycles. The lowest BCUT2D eigenvalue weighted by atomic mass is 10.0. The van der Waals surface area contributed by atoms with Gasteiger partial charge in [0.2, 0.25) is 5.91 Å². The molecule has 0 fully saturated rings. The van der Waals surface area contributed by atoms with E-state index in [2.05, 4.69) is 15.5 Å². The first-order valence-electron chi connectivity index (χ1n) is 9.45. The van der Waals surface area contributed by atoms with Crippen LogP contribution in [-0.4, -0.2) is 39.1 Å². The predicted octanol–water partition coefficient (Wildman–Crippen LogP) is 3.99. The van der Waals surface area contributed by atoms with Gasteiger partial charge in [0.25, 0.3) is 0 Å². The van der Waals surface area contributed by atoms with Crippen LogP contribution in [0.5, 0.6) is 5.75 Å². The van der Waals surface area contributed by atoms with Crippen molar-refractivity contribution >= 4 is 17.7 Å². The van der Waals surface area contributed by atoms with Gasteiger partial charge >= 0.3 is 0 Å². The molecule has 7 nitrogen and oxygen atoms in total. The molecular formula is C21H26N4O3S. The number of rotatable bonds is 9. The van der Waals surface area contributed by atoms with Crippen LogP contribution in [0.2, 0.25) is 0 Å². The van der Waals surface area contributed by atoms with Gasteiger partial charge in [-0.15, -0.1) is 10.2 Å². The fourth-order valence-electron chi connectivity index (χ4n) is 2.70. The monoisotopic (exact) mass is 414 g/mol. The Morgan fingerprint density at radius 3 is 2.79 bits per heavy atom. The van der Waals surface area contributed by atoms with Crippen molar-refractivity contribution in [3.63, 3.8) is 0 Å². The molecule has 0 aliphatic rings. The van der Waals surface area contributed by atoms with Gasteiger partial charge in [0.1, 0.15) is 11.5 Å². The molecule has 0 bridgehead atoms. The van der Waals surface area contributed by atoms with Crippen LogP contribution in [0.15, 0.2) is 52.2 Å². The minimum atomic E-state index is -0.231. The van der Waals surface area contributed by atoms with Crippen molar-refractivity contribution in [2.24, 2.45) is 0 Å². The Kier molecular flexibility index (Phi) is 6.64. The Morgan fingerprint density at radius 2 is 2.10 bits per heavy atom. The van der Waals surface area contributed by atoms with E-state index >= 15 is 0 Å². The quantitative estimate of drug-likeness (QED) is 0.533. The Morgan fingerprint density at radius 1 is 1.28 bits per heavy atom. The summed E-state index contributed by atoms with van der Waals surface area (Å²) in [4.78, 5) is 12.4. The smallest absolute Gasteiger partial charge is 0.230 e. The number of hydrogen-bond acceptors (Lipinski definition) is 6. The number of nitrogens with one attached hydrogen (secondary N) is 1. The third kappa shape index (κ3) is 5.41. The number of aromatic nitrogens is 3. The normalized spacial score (nSPS) is 11.4. The first-order chi connectivity index (χ1) is 13.9. The van der Waals surface area contributed by atoms with Gasteiger partial charge < -0.3 is 14.5 Å². The van der Waals surface area contributed by atoms with Crippen molar-refractivity contribution in [3.05, 3.63) is 48.4 Å². The molecule has 3 aromatic rings. The minimum absolute atomic E-state index is 0.0303. The van der Waals surface area contributed by atoms with Crippen LogP contribution in [0.25, 0.3) is 11.4 Å². The summed E-state index contributed by atoms with van der Waals surface area (Å²) in [5.41, 5.74) is 0.650. The van der Waals surface area contributed by atoms with Gasteiger partial charge in [-0.25, -0.2) is 0 Å². The zero-order chi connectivity index (χ0) is 20.9. The molecule has 0 aliphatic heterocycles. The van der Waals surface area contributed by atoms with E-state index in [1.165, 1.54) is 11.8 Å². The molecule has 1 N–H and O–H groups in total. The number of carbonyl (C=O) groups excluding carboxylic acids is 1. The van der Waals surface area contributed by atoms with E-state index in [1.54, 1.807) is 13.4 Å². The van der Waals surface area contributed by atoms with Gasteiger partial charge in [0, 0.05) is 11.1 Å². The van der Waals surface area contributed by atoms with E-state index in [-0.39, 0.29) is 17.2 Å². The Bertz CT molecular complexity index is 951. The number of ether oxygens (including phenoxy) is 1. The number of furan rings is 1. The zero-order valence-electron chi connectivity index (χ0n) is 17.1. The molecular weight excluding hydrogens is 388 g/mol. The van der Waals surface area contributed by atoms with Crippen LogP contribution in [0, 0.1) is 0 Å². The van der Waals surface area contributed by atoms with Crippen molar-refractivity contribution in [2.45, 2.75) is 44.4 Å². The highest BCUT2D eigenvalue weighted by molar-refractivity contribution is 7.99. The van der Waals surface area contributed by atoms with Gasteiger partial charge in [-0.2, -0.15) is 0 Å². The van der Waals surface area contributed by atoms with E-state index in [0.29, 0.717) is 17.5 Å². The highest BCUT2D eigenvalue weighted by atomic mass is 32.2. The lowest BCUT2D eigenvalue weighted by Crippen LogP contribution is -2.43. The van der Waals surface area contributed by atoms with Crippen molar-refractivity contribution in [2.75, 3.05) is 12.9 Å². The zero-order valence-corrected chi connectivity index (χ0v) is 18.0. The second-order valence-corrected chi connectivity index (χ2v) is 8.22. The molecule has 3 rings (SSSR count). The number of methoxy groups -OCH3 is 1. The molecule has 2 heterocycles. The Balaban J connectivity index is 1.85. The maximum atomic E-state index is 12.4. The first-order valence-corrected chi connectivity index (χ1v) is 10.4. The van der Waals surface area contributed by atoms with Gasteiger partial charge in [-0.3, -0.25) is 9.36 Å². The molecule has 0 saturated carbocycles. The molecule has 0 saturated heterocycles. The highest BCUT2D eigenvalue weighted by Gasteiger charge is 2.20. The molecule has 0 atom stereocenters. The summed E-state index contributed by atoms with van der Waals surface area (Å²) in [5.74, 6) is 2.45. The fourth-order valence-corrected chi connectivity index (χ4v) is 3.44. The average molecular weight is 415 g/mol. The number of amides is 1. The molecule has 2 aromatic heterocycles. The highest BCUT2D eigenvalue weighted by Crippen LogP contribution is 2.27. The summed E-state index contributed by atoms with van der Waals surface area (Å²) in [6.07, 6.45) is 2.50. The van der Waals surface area contributed by atoms with Gasteiger partial charge in [0.15, 0.2) is 11.0 Å². The molecule has 29 heavy (non-hydrogen) atoms. The van der Waals surface area contributed by atoms with Gasteiger partial charge in [-0.1, -0.05) is 30.8 Å². The molecule has 0 spiro atoms. The maximum Gasteiger partial charge on any atom is 0.230 e. The number of carbonyl (C=O) groups is 1. The van der Waals surface area contributed by atoms with Crippen LogP contribution in [-0.2, 0) is 11.3 Å². The Labute approximate surface area is 174 Å². The molecule has 0 unspecified atom stereocenters. The van der Waals surface area contributed by atoms with Crippen molar-refractivity contribution < 1.29 is 13.9 Å². The molecule has 0 radical (unpaired) electrons. The fraction of sp³-hybridized carbons (Fsp3) is 0.381. The third-order valence-electron chi connectivity index (χ3n) is 4.63. The molecule has 1 amide bonds. The summed E-state index contributed by atoms with van der Waals surface area (Å²) in [5, 5.41) is 12.4.